The number of rotatable bonds is 5. The van der Waals surface area contributed by atoms with Gasteiger partial charge in [-0.15, -0.1) is 0 Å². The molecule has 0 fully saturated rings. The molecule has 3 rings (SSSR count). The van der Waals surface area contributed by atoms with Crippen LogP contribution in [0.3, 0.4) is 0 Å². The van der Waals surface area contributed by atoms with Gasteiger partial charge in [0.25, 0.3) is 0 Å². The first-order valence-electron chi connectivity index (χ1n) is 9.87. The molecule has 1 aliphatic rings. The lowest BCUT2D eigenvalue weighted by molar-refractivity contribution is 1.25. The van der Waals surface area contributed by atoms with Crippen molar-refractivity contribution in [1.82, 2.24) is 4.98 Å². The fourth-order valence-electron chi connectivity index (χ4n) is 3.38. The lowest BCUT2D eigenvalue weighted by Gasteiger charge is -2.14. The molecule has 2 aromatic rings. The van der Waals surface area contributed by atoms with Gasteiger partial charge in [-0.25, -0.2) is 4.99 Å². The summed E-state index contributed by atoms with van der Waals surface area (Å²) in [5.74, 6) is 0. The summed E-state index contributed by atoms with van der Waals surface area (Å²) in [6, 6.07) is 4.04. The number of hydrogen-bond donors (Lipinski definition) is 1. The van der Waals surface area contributed by atoms with E-state index in [0.717, 1.165) is 56.4 Å². The van der Waals surface area contributed by atoms with E-state index in [0.29, 0.717) is 0 Å². The summed E-state index contributed by atoms with van der Waals surface area (Å²) in [6.07, 6.45) is 7.70. The highest BCUT2D eigenvalue weighted by molar-refractivity contribution is 6.13. The molecular formula is C26H28N4. The normalized spacial score (nSPS) is 15.5. The third kappa shape index (κ3) is 4.08. The van der Waals surface area contributed by atoms with Crippen LogP contribution in [0, 0.1) is 27.7 Å². The Bertz CT molecular complexity index is 1180. The number of allylic oxidation sites excluding steroid dienone is 4. The van der Waals surface area contributed by atoms with Gasteiger partial charge >= 0.3 is 0 Å². The van der Waals surface area contributed by atoms with Gasteiger partial charge in [-0.3, -0.25) is 9.98 Å². The van der Waals surface area contributed by atoms with Crippen LogP contribution in [0.5, 0.6) is 0 Å². The second-order valence-corrected chi connectivity index (χ2v) is 7.63. The molecule has 1 N–H and O–H groups in total. The monoisotopic (exact) mass is 396 g/mol. The van der Waals surface area contributed by atoms with Crippen molar-refractivity contribution in [1.29, 1.82) is 0 Å². The van der Waals surface area contributed by atoms with E-state index in [-0.39, 0.29) is 0 Å². The highest BCUT2D eigenvalue weighted by Gasteiger charge is 2.13. The number of nitrogens with one attached hydrogen (secondary N) is 1. The quantitative estimate of drug-likeness (QED) is 0.540. The maximum atomic E-state index is 4.84. The van der Waals surface area contributed by atoms with E-state index in [4.69, 9.17) is 9.98 Å². The number of aliphatic imine (C=N–C) groups is 3. The van der Waals surface area contributed by atoms with Crippen molar-refractivity contribution in [3.05, 3.63) is 87.9 Å². The van der Waals surface area contributed by atoms with E-state index in [1.54, 1.807) is 0 Å². The molecule has 0 radical (unpaired) electrons. The molecule has 0 unspecified atom stereocenters. The van der Waals surface area contributed by atoms with Crippen molar-refractivity contribution >= 4 is 36.1 Å². The summed E-state index contributed by atoms with van der Waals surface area (Å²) in [5.41, 5.74) is 11.9. The molecule has 0 atom stereocenters. The number of aromatic nitrogens is 1. The number of aromatic amines is 1. The van der Waals surface area contributed by atoms with Crippen LogP contribution in [-0.2, 0) is 0 Å². The van der Waals surface area contributed by atoms with Crippen molar-refractivity contribution in [2.75, 3.05) is 0 Å². The van der Waals surface area contributed by atoms with Crippen molar-refractivity contribution in [3.63, 3.8) is 0 Å². The maximum absolute atomic E-state index is 4.84. The van der Waals surface area contributed by atoms with E-state index in [1.165, 1.54) is 11.1 Å². The summed E-state index contributed by atoms with van der Waals surface area (Å²) in [4.78, 5) is 17.0. The SMILES string of the molecule is C=Cc1[nH]c(C=NC2=CC(=C)C(=Nc3cc(C)c(N=C)cc3C)C=C2C)c(C)c1C. The van der Waals surface area contributed by atoms with Crippen LogP contribution in [0.25, 0.3) is 6.08 Å². The van der Waals surface area contributed by atoms with Crippen LogP contribution >= 0.6 is 0 Å². The molecule has 152 valence electrons. The second kappa shape index (κ2) is 8.46. The van der Waals surface area contributed by atoms with E-state index in [1.807, 2.05) is 57.3 Å². The Morgan fingerprint density at radius 2 is 1.53 bits per heavy atom. The molecule has 4 nitrogen and oxygen atoms in total. The zero-order valence-corrected chi connectivity index (χ0v) is 18.4. The Kier molecular flexibility index (Phi) is 5.97. The lowest BCUT2D eigenvalue weighted by Crippen LogP contribution is -2.04. The van der Waals surface area contributed by atoms with E-state index in [9.17, 15) is 0 Å². The Morgan fingerprint density at radius 1 is 0.900 bits per heavy atom. The highest BCUT2D eigenvalue weighted by Crippen LogP contribution is 2.30. The Hall–Kier alpha value is -3.53. The molecule has 1 heterocycles. The van der Waals surface area contributed by atoms with Gasteiger partial charge in [0.15, 0.2) is 0 Å². The maximum Gasteiger partial charge on any atom is 0.0707 e. The Labute approximate surface area is 178 Å². The summed E-state index contributed by atoms with van der Waals surface area (Å²) in [7, 11) is 0. The number of aryl methyl sites for hydroxylation is 2. The molecule has 4 heteroatoms. The van der Waals surface area contributed by atoms with Gasteiger partial charge in [-0.05, 0) is 105 Å². The summed E-state index contributed by atoms with van der Waals surface area (Å²) in [6.45, 7) is 21.9. The van der Waals surface area contributed by atoms with E-state index < -0.39 is 0 Å². The summed E-state index contributed by atoms with van der Waals surface area (Å²) >= 11 is 0. The van der Waals surface area contributed by atoms with Gasteiger partial charge in [0.1, 0.15) is 0 Å². The predicted molar refractivity (Wildman–Crippen MR) is 131 cm³/mol. The second-order valence-electron chi connectivity index (χ2n) is 7.63. The molecule has 0 amide bonds. The van der Waals surface area contributed by atoms with Gasteiger partial charge in [0, 0.05) is 5.69 Å². The van der Waals surface area contributed by atoms with Crippen molar-refractivity contribution < 1.29 is 0 Å². The third-order valence-corrected chi connectivity index (χ3v) is 5.50. The standard InChI is InChI=1S/C26H28N4/c1-9-21-19(6)20(7)26(29-21)14-28-23-11-18(5)25(13-16(23)3)30-24-12-15(2)22(27-8)10-17(24)4/h9-14,29H,1,5,8H2,2-4,6-7H3. The fourth-order valence-corrected chi connectivity index (χ4v) is 3.38. The highest BCUT2D eigenvalue weighted by atomic mass is 14.8. The molecule has 0 saturated carbocycles. The van der Waals surface area contributed by atoms with Crippen LogP contribution in [0.1, 0.15) is 40.6 Å². The van der Waals surface area contributed by atoms with Crippen molar-refractivity contribution in [3.8, 4) is 0 Å². The first-order valence-corrected chi connectivity index (χ1v) is 9.87. The number of benzene rings is 1. The molecule has 1 aromatic heterocycles. The van der Waals surface area contributed by atoms with Gasteiger partial charge in [-0.2, -0.15) is 0 Å². The van der Waals surface area contributed by atoms with Crippen LogP contribution < -0.4 is 0 Å². The van der Waals surface area contributed by atoms with Crippen LogP contribution in [0.4, 0.5) is 11.4 Å². The number of H-pyrrole nitrogens is 1. The van der Waals surface area contributed by atoms with Gasteiger partial charge in [0.05, 0.1) is 34.7 Å². The molecule has 0 aliphatic heterocycles. The fraction of sp³-hybridized carbons (Fsp3) is 0.192. The minimum Gasteiger partial charge on any atom is -0.354 e. The largest absolute Gasteiger partial charge is 0.354 e. The Morgan fingerprint density at radius 3 is 2.17 bits per heavy atom. The van der Waals surface area contributed by atoms with Crippen LogP contribution in [0.15, 0.2) is 69.3 Å². The summed E-state index contributed by atoms with van der Waals surface area (Å²) < 4.78 is 0. The average Bonchev–Trinajstić information content (AvgIpc) is 2.99. The zero-order valence-electron chi connectivity index (χ0n) is 18.4. The van der Waals surface area contributed by atoms with Crippen molar-refractivity contribution in [2.45, 2.75) is 34.6 Å². The van der Waals surface area contributed by atoms with Gasteiger partial charge < -0.3 is 4.98 Å². The third-order valence-electron chi connectivity index (χ3n) is 5.50. The van der Waals surface area contributed by atoms with Gasteiger partial charge in [0.2, 0.25) is 0 Å². The predicted octanol–water partition coefficient (Wildman–Crippen LogP) is 6.82. The van der Waals surface area contributed by atoms with Crippen molar-refractivity contribution in [2.24, 2.45) is 15.0 Å². The van der Waals surface area contributed by atoms with E-state index >= 15 is 0 Å². The molecule has 1 aromatic carbocycles. The molecule has 0 saturated heterocycles. The minimum absolute atomic E-state index is 0.835. The Balaban J connectivity index is 1.90. The smallest absolute Gasteiger partial charge is 0.0707 e. The average molecular weight is 397 g/mol. The topological polar surface area (TPSA) is 52.9 Å². The molecule has 0 bridgehead atoms. The zero-order chi connectivity index (χ0) is 22.0. The van der Waals surface area contributed by atoms with Crippen LogP contribution in [0.2, 0.25) is 0 Å². The molecular weight excluding hydrogens is 368 g/mol. The molecule has 0 spiro atoms. The summed E-state index contributed by atoms with van der Waals surface area (Å²) in [5, 5.41) is 0. The lowest BCUT2D eigenvalue weighted by atomic mass is 9.99. The number of hydrogen-bond acceptors (Lipinski definition) is 3. The van der Waals surface area contributed by atoms with E-state index in [2.05, 4.69) is 43.7 Å². The molecule has 30 heavy (non-hydrogen) atoms. The first-order chi connectivity index (χ1) is 14.2. The van der Waals surface area contributed by atoms with Gasteiger partial charge in [-0.1, -0.05) is 13.2 Å². The first kappa shape index (κ1) is 21.2. The minimum atomic E-state index is 0.835. The molecule has 1 aliphatic carbocycles. The number of nitrogens with zero attached hydrogens (tertiary/aromatic N) is 3. The van der Waals surface area contributed by atoms with Crippen LogP contribution in [-0.4, -0.2) is 23.6 Å².